The first-order valence-electron chi connectivity index (χ1n) is 7.30. The van der Waals surface area contributed by atoms with Crippen molar-refractivity contribution in [2.45, 2.75) is 52.0 Å². The van der Waals surface area contributed by atoms with Crippen molar-refractivity contribution in [3.05, 3.63) is 0 Å². The molecule has 0 unspecified atom stereocenters. The highest BCUT2D eigenvalue weighted by Crippen LogP contribution is 2.23. The molecule has 0 spiro atoms. The molecule has 1 saturated carbocycles. The lowest BCUT2D eigenvalue weighted by Gasteiger charge is -2.26. The van der Waals surface area contributed by atoms with Gasteiger partial charge in [0.05, 0.1) is 0 Å². The van der Waals surface area contributed by atoms with E-state index in [0.717, 1.165) is 38.0 Å². The van der Waals surface area contributed by atoms with E-state index >= 15 is 0 Å². The van der Waals surface area contributed by atoms with Crippen LogP contribution in [0, 0.1) is 5.92 Å². The summed E-state index contributed by atoms with van der Waals surface area (Å²) >= 11 is 0. The maximum Gasteiger partial charge on any atom is 0.309 e. The topological polar surface area (TPSA) is 67.4 Å². The van der Waals surface area contributed by atoms with E-state index in [0.29, 0.717) is 19.8 Å². The van der Waals surface area contributed by atoms with Gasteiger partial charge in [0.1, 0.15) is 0 Å². The number of rotatable bonds is 6. The molecule has 1 rings (SSSR count). The van der Waals surface area contributed by atoms with Gasteiger partial charge in [-0.15, -0.1) is 0 Å². The lowest BCUT2D eigenvalue weighted by Crippen LogP contribution is -2.45. The Bertz CT molecular complexity index is 286. The fraction of sp³-hybridized carbons (Fsp3) is 0.857. The van der Waals surface area contributed by atoms with E-state index in [1.807, 2.05) is 6.92 Å². The molecule has 1 fully saturated rings. The Hall–Kier alpha value is -1.10. The molecule has 0 bridgehead atoms. The molecule has 0 heterocycles. The maximum atomic E-state index is 11.7. The first-order chi connectivity index (χ1) is 9.13. The predicted molar refractivity (Wildman–Crippen MR) is 73.7 cm³/mol. The summed E-state index contributed by atoms with van der Waals surface area (Å²) in [4.78, 5) is 23.2. The summed E-state index contributed by atoms with van der Waals surface area (Å²) in [6.07, 6.45) is 4.94. The van der Waals surface area contributed by atoms with E-state index in [2.05, 4.69) is 17.6 Å². The summed E-state index contributed by atoms with van der Waals surface area (Å²) in [6.45, 7) is 5.92. The number of ether oxygens (including phenoxy) is 1. The Kier molecular flexibility index (Phi) is 7.48. The van der Waals surface area contributed by atoms with Gasteiger partial charge in [-0.05, 0) is 44.9 Å². The predicted octanol–water partition coefficient (Wildman–Crippen LogP) is 1.22. The van der Waals surface area contributed by atoms with E-state index in [9.17, 15) is 9.59 Å². The summed E-state index contributed by atoms with van der Waals surface area (Å²) in [7, 11) is 0. The van der Waals surface area contributed by atoms with Crippen LogP contribution in [0.5, 0.6) is 0 Å². The molecule has 110 valence electrons. The third-order valence-electron chi connectivity index (χ3n) is 3.51. The second-order valence-electron chi connectivity index (χ2n) is 5.24. The fourth-order valence-electron chi connectivity index (χ4n) is 2.26. The van der Waals surface area contributed by atoms with Crippen LogP contribution in [0.3, 0.4) is 0 Å². The van der Waals surface area contributed by atoms with Gasteiger partial charge >= 0.3 is 11.8 Å². The third kappa shape index (κ3) is 6.57. The zero-order chi connectivity index (χ0) is 14.1. The summed E-state index contributed by atoms with van der Waals surface area (Å²) < 4.78 is 5.16. The number of nitrogens with one attached hydrogen (secondary N) is 2. The third-order valence-corrected chi connectivity index (χ3v) is 3.51. The van der Waals surface area contributed by atoms with Crippen LogP contribution in [0.15, 0.2) is 0 Å². The van der Waals surface area contributed by atoms with Crippen LogP contribution in [0.2, 0.25) is 0 Å². The summed E-state index contributed by atoms with van der Waals surface area (Å²) in [5.41, 5.74) is 0. The van der Waals surface area contributed by atoms with Crippen LogP contribution in [0.4, 0.5) is 0 Å². The van der Waals surface area contributed by atoms with Crippen molar-refractivity contribution in [2.75, 3.05) is 19.8 Å². The Morgan fingerprint density at radius 2 is 1.84 bits per heavy atom. The monoisotopic (exact) mass is 270 g/mol. The van der Waals surface area contributed by atoms with Crippen molar-refractivity contribution in [1.82, 2.24) is 10.6 Å². The van der Waals surface area contributed by atoms with Crippen molar-refractivity contribution in [3.8, 4) is 0 Å². The van der Waals surface area contributed by atoms with Gasteiger partial charge < -0.3 is 15.4 Å². The van der Waals surface area contributed by atoms with Gasteiger partial charge in [-0.25, -0.2) is 0 Å². The van der Waals surface area contributed by atoms with Gasteiger partial charge in [-0.1, -0.05) is 6.92 Å². The smallest absolute Gasteiger partial charge is 0.309 e. The van der Waals surface area contributed by atoms with Crippen molar-refractivity contribution in [1.29, 1.82) is 0 Å². The molecule has 1 aliphatic carbocycles. The molecular weight excluding hydrogens is 244 g/mol. The van der Waals surface area contributed by atoms with E-state index in [1.165, 1.54) is 0 Å². The van der Waals surface area contributed by atoms with Crippen molar-refractivity contribution >= 4 is 11.8 Å². The number of hydrogen-bond donors (Lipinski definition) is 2. The van der Waals surface area contributed by atoms with Crippen LogP contribution in [-0.2, 0) is 14.3 Å². The number of carbonyl (C=O) groups is 2. The summed E-state index contributed by atoms with van der Waals surface area (Å²) in [5.74, 6) is -0.299. The van der Waals surface area contributed by atoms with Gasteiger partial charge in [0, 0.05) is 25.8 Å². The van der Waals surface area contributed by atoms with Crippen molar-refractivity contribution in [3.63, 3.8) is 0 Å². The fourth-order valence-corrected chi connectivity index (χ4v) is 2.26. The highest BCUT2D eigenvalue weighted by molar-refractivity contribution is 6.35. The Morgan fingerprint density at radius 3 is 2.47 bits per heavy atom. The van der Waals surface area contributed by atoms with Gasteiger partial charge in [0.15, 0.2) is 0 Å². The quantitative estimate of drug-likeness (QED) is 0.563. The molecule has 2 amide bonds. The Balaban J connectivity index is 2.12. The molecule has 0 atom stereocenters. The minimum absolute atomic E-state index is 0.165. The molecule has 0 saturated heterocycles. The van der Waals surface area contributed by atoms with Crippen LogP contribution in [0.25, 0.3) is 0 Å². The summed E-state index contributed by atoms with van der Waals surface area (Å²) in [6, 6.07) is 0.165. The Labute approximate surface area is 115 Å². The molecule has 2 N–H and O–H groups in total. The minimum atomic E-state index is -0.532. The van der Waals surface area contributed by atoms with Gasteiger partial charge in [-0.3, -0.25) is 9.59 Å². The SMILES string of the molecule is CCOCCCNC(=O)C(=O)NC1CCC(C)CC1. The van der Waals surface area contributed by atoms with E-state index in [4.69, 9.17) is 4.74 Å². The van der Waals surface area contributed by atoms with Crippen LogP contribution < -0.4 is 10.6 Å². The maximum absolute atomic E-state index is 11.7. The average Bonchev–Trinajstić information content (AvgIpc) is 2.41. The van der Waals surface area contributed by atoms with Crippen LogP contribution in [0.1, 0.15) is 46.0 Å². The van der Waals surface area contributed by atoms with E-state index in [1.54, 1.807) is 0 Å². The number of hydrogen-bond acceptors (Lipinski definition) is 3. The van der Waals surface area contributed by atoms with Gasteiger partial charge in [0.2, 0.25) is 0 Å². The number of amides is 2. The molecule has 0 aromatic rings. The molecule has 0 aromatic heterocycles. The molecule has 1 aliphatic rings. The lowest BCUT2D eigenvalue weighted by atomic mass is 9.87. The molecule has 5 heteroatoms. The molecule has 0 radical (unpaired) electrons. The van der Waals surface area contributed by atoms with E-state index < -0.39 is 11.8 Å². The number of carbonyl (C=O) groups excluding carboxylic acids is 2. The second kappa shape index (κ2) is 8.91. The van der Waals surface area contributed by atoms with Gasteiger partial charge in [-0.2, -0.15) is 0 Å². The van der Waals surface area contributed by atoms with E-state index in [-0.39, 0.29) is 6.04 Å². The van der Waals surface area contributed by atoms with Crippen LogP contribution in [-0.4, -0.2) is 37.6 Å². The minimum Gasteiger partial charge on any atom is -0.382 e. The first kappa shape index (κ1) is 16.0. The highest BCUT2D eigenvalue weighted by atomic mass is 16.5. The summed E-state index contributed by atoms with van der Waals surface area (Å²) in [5, 5.41) is 5.42. The molecule has 19 heavy (non-hydrogen) atoms. The highest BCUT2D eigenvalue weighted by Gasteiger charge is 2.22. The normalized spacial score (nSPS) is 22.8. The van der Waals surface area contributed by atoms with Crippen molar-refractivity contribution < 1.29 is 14.3 Å². The standard InChI is InChI=1S/C14H26N2O3/c1-3-19-10-4-9-15-13(17)14(18)16-12-7-5-11(2)6-8-12/h11-12H,3-10H2,1-2H3,(H,15,17)(H,16,18). The zero-order valence-electron chi connectivity index (χ0n) is 12.0. The van der Waals surface area contributed by atoms with Gasteiger partial charge in [0.25, 0.3) is 0 Å². The largest absolute Gasteiger partial charge is 0.382 e. The Morgan fingerprint density at radius 1 is 1.16 bits per heavy atom. The first-order valence-corrected chi connectivity index (χ1v) is 7.30. The van der Waals surface area contributed by atoms with Crippen LogP contribution >= 0.6 is 0 Å². The second-order valence-corrected chi connectivity index (χ2v) is 5.24. The van der Waals surface area contributed by atoms with Crippen molar-refractivity contribution in [2.24, 2.45) is 5.92 Å². The lowest BCUT2D eigenvalue weighted by molar-refractivity contribution is -0.139. The molecule has 5 nitrogen and oxygen atoms in total. The molecular formula is C14H26N2O3. The zero-order valence-corrected chi connectivity index (χ0v) is 12.0. The molecule has 0 aromatic carbocycles. The average molecular weight is 270 g/mol. The molecule has 0 aliphatic heterocycles.